The monoisotopic (exact) mass is 227 g/mol. The normalized spacial score (nSPS) is 13.8. The van der Waals surface area contributed by atoms with Crippen molar-refractivity contribution < 1.29 is 4.48 Å². The highest BCUT2D eigenvalue weighted by Crippen LogP contribution is 2.06. The van der Waals surface area contributed by atoms with Crippen LogP contribution in [0.4, 0.5) is 0 Å². The maximum atomic E-state index is 5.70. The summed E-state index contributed by atoms with van der Waals surface area (Å²) in [5, 5.41) is 2.91. The molecule has 94 valence electrons. The van der Waals surface area contributed by atoms with Gasteiger partial charge in [0, 0.05) is 0 Å². The third-order valence-electron chi connectivity index (χ3n) is 2.33. The highest BCUT2D eigenvalue weighted by Gasteiger charge is 2.14. The first-order valence-electron chi connectivity index (χ1n) is 5.87. The lowest BCUT2D eigenvalue weighted by molar-refractivity contribution is -0.890. The molecule has 0 aromatic rings. The molecule has 0 amide bonds. The van der Waals surface area contributed by atoms with E-state index in [1.165, 1.54) is 6.42 Å². The Hall–Kier alpha value is -1.03. The quantitative estimate of drug-likeness (QED) is 0.410. The molecule has 0 aliphatic heterocycles. The molecule has 0 atom stereocenters. The minimum atomic E-state index is 0.480. The summed E-state index contributed by atoms with van der Waals surface area (Å²) in [6.07, 6.45) is 4.89. The number of guanidine groups is 1. The summed E-state index contributed by atoms with van der Waals surface area (Å²) in [6, 6.07) is 0. The summed E-state index contributed by atoms with van der Waals surface area (Å²) >= 11 is 0. The van der Waals surface area contributed by atoms with E-state index in [9.17, 15) is 0 Å². The van der Waals surface area contributed by atoms with E-state index in [0.29, 0.717) is 12.6 Å². The van der Waals surface area contributed by atoms with E-state index in [1.54, 1.807) is 6.20 Å². The first-order valence-corrected chi connectivity index (χ1v) is 5.87. The summed E-state index contributed by atoms with van der Waals surface area (Å²) in [5.74, 6) is 1.22. The summed E-state index contributed by atoms with van der Waals surface area (Å²) in [5.41, 5.74) is 5.70. The Morgan fingerprint density at radius 2 is 2.06 bits per heavy atom. The molecule has 0 aromatic carbocycles. The van der Waals surface area contributed by atoms with Gasteiger partial charge in [0.2, 0.25) is 0 Å². The molecule has 0 unspecified atom stereocenters. The lowest BCUT2D eigenvalue weighted by atomic mass is 10.1. The molecular formula is C12H27N4+. The lowest BCUT2D eigenvalue weighted by Gasteiger charge is -2.28. The van der Waals surface area contributed by atoms with Crippen molar-refractivity contribution in [2.24, 2.45) is 16.6 Å². The van der Waals surface area contributed by atoms with Crippen LogP contribution < -0.4 is 11.1 Å². The van der Waals surface area contributed by atoms with Gasteiger partial charge in [0.1, 0.15) is 0 Å². The SMILES string of the molecule is CC=CNC(N)=NC[N+](C)(C)CCC(C)C. The van der Waals surface area contributed by atoms with Gasteiger partial charge in [-0.1, -0.05) is 19.9 Å². The van der Waals surface area contributed by atoms with Crippen molar-refractivity contribution >= 4 is 5.96 Å². The maximum Gasteiger partial charge on any atom is 0.197 e. The van der Waals surface area contributed by atoms with Crippen LogP contribution in [-0.2, 0) is 0 Å². The number of allylic oxidation sites excluding steroid dienone is 1. The van der Waals surface area contributed by atoms with Gasteiger partial charge >= 0.3 is 0 Å². The average molecular weight is 227 g/mol. The van der Waals surface area contributed by atoms with Crippen LogP contribution in [-0.4, -0.2) is 37.8 Å². The van der Waals surface area contributed by atoms with Gasteiger partial charge in [-0.15, -0.1) is 0 Å². The van der Waals surface area contributed by atoms with Crippen LogP contribution >= 0.6 is 0 Å². The van der Waals surface area contributed by atoms with E-state index in [-0.39, 0.29) is 0 Å². The number of hydrogen-bond acceptors (Lipinski definition) is 1. The topological polar surface area (TPSA) is 50.4 Å². The van der Waals surface area contributed by atoms with E-state index in [0.717, 1.165) is 16.9 Å². The van der Waals surface area contributed by atoms with Crippen LogP contribution in [0.1, 0.15) is 27.2 Å². The zero-order valence-corrected chi connectivity index (χ0v) is 11.3. The minimum Gasteiger partial charge on any atom is -0.370 e. The number of aliphatic imine (C=N–C) groups is 1. The molecule has 0 heterocycles. The fraction of sp³-hybridized carbons (Fsp3) is 0.750. The van der Waals surface area contributed by atoms with Gasteiger partial charge in [0.25, 0.3) is 0 Å². The molecule has 0 fully saturated rings. The molecule has 3 N–H and O–H groups in total. The van der Waals surface area contributed by atoms with Crippen LogP contribution in [0.25, 0.3) is 0 Å². The molecule has 0 bridgehead atoms. The summed E-state index contributed by atoms with van der Waals surface area (Å²) < 4.78 is 0.871. The molecule has 4 heteroatoms. The number of rotatable bonds is 6. The number of quaternary nitrogens is 1. The van der Waals surface area contributed by atoms with Gasteiger partial charge in [-0.3, -0.25) is 0 Å². The first kappa shape index (κ1) is 15.0. The molecule has 0 radical (unpaired) electrons. The van der Waals surface area contributed by atoms with Crippen molar-refractivity contribution in [1.82, 2.24) is 5.32 Å². The van der Waals surface area contributed by atoms with Gasteiger partial charge in [0.15, 0.2) is 12.6 Å². The van der Waals surface area contributed by atoms with E-state index < -0.39 is 0 Å². The van der Waals surface area contributed by atoms with Gasteiger partial charge in [-0.05, 0) is 25.5 Å². The van der Waals surface area contributed by atoms with Gasteiger partial charge < -0.3 is 15.5 Å². The second-order valence-electron chi connectivity index (χ2n) is 5.17. The van der Waals surface area contributed by atoms with E-state index in [2.05, 4.69) is 38.3 Å². The van der Waals surface area contributed by atoms with Crippen LogP contribution in [0.15, 0.2) is 17.3 Å². The molecule has 0 saturated heterocycles. The van der Waals surface area contributed by atoms with E-state index in [4.69, 9.17) is 5.73 Å². The van der Waals surface area contributed by atoms with Crippen molar-refractivity contribution in [1.29, 1.82) is 0 Å². The van der Waals surface area contributed by atoms with E-state index in [1.807, 2.05) is 13.0 Å². The zero-order chi connectivity index (χ0) is 12.6. The Bertz CT molecular complexity index is 241. The molecule has 16 heavy (non-hydrogen) atoms. The molecule has 0 spiro atoms. The molecule has 0 saturated carbocycles. The first-order chi connectivity index (χ1) is 7.37. The van der Waals surface area contributed by atoms with Crippen molar-refractivity contribution in [3.8, 4) is 0 Å². The third-order valence-corrected chi connectivity index (χ3v) is 2.33. The number of nitrogens with zero attached hydrogens (tertiary/aromatic N) is 2. The third kappa shape index (κ3) is 8.29. The number of nitrogens with one attached hydrogen (secondary N) is 1. The Labute approximate surface area is 99.8 Å². The number of nitrogens with two attached hydrogens (primary N) is 1. The minimum absolute atomic E-state index is 0.480. The highest BCUT2D eigenvalue weighted by atomic mass is 15.4. The van der Waals surface area contributed by atoms with Crippen LogP contribution in [0.5, 0.6) is 0 Å². The Morgan fingerprint density at radius 1 is 1.44 bits per heavy atom. The zero-order valence-electron chi connectivity index (χ0n) is 11.3. The van der Waals surface area contributed by atoms with Crippen LogP contribution in [0.3, 0.4) is 0 Å². The fourth-order valence-electron chi connectivity index (χ4n) is 1.16. The van der Waals surface area contributed by atoms with Gasteiger partial charge in [0.05, 0.1) is 20.6 Å². The largest absolute Gasteiger partial charge is 0.370 e. The van der Waals surface area contributed by atoms with Gasteiger partial charge in [-0.2, -0.15) is 4.99 Å². The molecular weight excluding hydrogens is 200 g/mol. The van der Waals surface area contributed by atoms with Gasteiger partial charge in [-0.25, -0.2) is 0 Å². The number of hydrogen-bond donors (Lipinski definition) is 2. The second-order valence-corrected chi connectivity index (χ2v) is 5.17. The predicted octanol–water partition coefficient (Wildman–Crippen LogP) is 1.50. The molecule has 0 aromatic heterocycles. The second kappa shape index (κ2) is 7.28. The highest BCUT2D eigenvalue weighted by molar-refractivity contribution is 5.78. The molecule has 0 aliphatic carbocycles. The van der Waals surface area contributed by atoms with Crippen molar-refractivity contribution in [2.45, 2.75) is 27.2 Å². The fourth-order valence-corrected chi connectivity index (χ4v) is 1.16. The van der Waals surface area contributed by atoms with Crippen molar-refractivity contribution in [2.75, 3.05) is 27.3 Å². The van der Waals surface area contributed by atoms with E-state index >= 15 is 0 Å². The molecule has 4 nitrogen and oxygen atoms in total. The Balaban J connectivity index is 4.05. The Kier molecular flexibility index (Phi) is 6.81. The smallest absolute Gasteiger partial charge is 0.197 e. The predicted molar refractivity (Wildman–Crippen MR) is 70.9 cm³/mol. The Morgan fingerprint density at radius 3 is 2.56 bits per heavy atom. The van der Waals surface area contributed by atoms with Crippen molar-refractivity contribution in [3.63, 3.8) is 0 Å². The average Bonchev–Trinajstić information content (AvgIpc) is 2.21. The maximum absolute atomic E-state index is 5.70. The lowest BCUT2D eigenvalue weighted by Crippen LogP contribution is -2.42. The summed E-state index contributed by atoms with van der Waals surface area (Å²) in [6.45, 7) is 8.25. The van der Waals surface area contributed by atoms with Crippen LogP contribution in [0.2, 0.25) is 0 Å². The van der Waals surface area contributed by atoms with Crippen LogP contribution in [0, 0.1) is 5.92 Å². The molecule has 0 aliphatic rings. The van der Waals surface area contributed by atoms with Crippen molar-refractivity contribution in [3.05, 3.63) is 12.3 Å². The summed E-state index contributed by atoms with van der Waals surface area (Å²) in [4.78, 5) is 4.32. The summed E-state index contributed by atoms with van der Waals surface area (Å²) in [7, 11) is 4.35. The molecule has 0 rings (SSSR count). The standard InChI is InChI=1S/C12H27N4/c1-6-8-14-12(13)15-10-16(4,5)9-7-11(2)3/h6,8,11H,7,9-10H2,1-5H3,(H3,13,14,15)/q+1.